The molecule has 2 aliphatic heterocycles. The Kier molecular flexibility index (Phi) is 12.2. The topological polar surface area (TPSA) is 24.3 Å². The van der Waals surface area contributed by atoms with E-state index in [9.17, 15) is 0 Å². The average Bonchev–Trinajstić information content (AvgIpc) is 3.05. The minimum Gasteiger partial charge on any atom is -0.374 e. The molecule has 0 unspecified atom stereocenters. The van der Waals surface area contributed by atoms with Crippen LogP contribution in [-0.4, -0.2) is 51.4 Å². The van der Waals surface area contributed by atoms with Crippen LogP contribution in [-0.2, 0) is 19.4 Å². The molecule has 0 spiro atoms. The summed E-state index contributed by atoms with van der Waals surface area (Å²) in [5.41, 5.74) is 11.9. The molecule has 1 N–H and O–H groups in total. The lowest BCUT2D eigenvalue weighted by Crippen LogP contribution is -2.69. The van der Waals surface area contributed by atoms with Gasteiger partial charge in [-0.15, -0.1) is 0 Å². The number of aromatic nitrogens is 1. The number of pyridine rings is 1. The maximum absolute atomic E-state index is 4.00. The van der Waals surface area contributed by atoms with E-state index in [4.69, 9.17) is 0 Å². The van der Waals surface area contributed by atoms with Crippen molar-refractivity contribution in [1.82, 2.24) is 0 Å². The van der Waals surface area contributed by atoms with E-state index in [-0.39, 0.29) is 0 Å². The van der Waals surface area contributed by atoms with Crippen LogP contribution in [0.5, 0.6) is 0 Å². The molecular weight excluding hydrogens is 589 g/mol. The quantitative estimate of drug-likeness (QED) is 0.0754. The van der Waals surface area contributed by atoms with Gasteiger partial charge in [-0.3, -0.25) is 0 Å². The number of hydrogen-bond donors (Lipinski definition) is 1. The second kappa shape index (κ2) is 16.7. The minimum absolute atomic E-state index is 0.939. The van der Waals surface area contributed by atoms with Gasteiger partial charge in [0.05, 0.1) is 11.5 Å². The highest BCUT2D eigenvalue weighted by Crippen LogP contribution is 2.30. The smallest absolute Gasteiger partial charge is 0.169 e. The Bertz CT molecular complexity index is 1570. The van der Waals surface area contributed by atoms with Gasteiger partial charge in [-0.25, -0.2) is 9.56 Å². The summed E-state index contributed by atoms with van der Waals surface area (Å²) in [5, 5.41) is 0. The van der Waals surface area contributed by atoms with Crippen molar-refractivity contribution in [3.8, 4) is 0 Å². The van der Waals surface area contributed by atoms with Crippen LogP contribution in [0.1, 0.15) is 46.2 Å². The second-order valence-electron chi connectivity index (χ2n) is 11.9. The second-order valence-corrected chi connectivity index (χ2v) is 14.6. The number of rotatable bonds is 13. The van der Waals surface area contributed by atoms with Crippen molar-refractivity contribution in [3.63, 3.8) is 0 Å². The van der Waals surface area contributed by atoms with Crippen molar-refractivity contribution in [2.75, 3.05) is 55.0 Å². The zero-order chi connectivity index (χ0) is 31.4. The summed E-state index contributed by atoms with van der Waals surface area (Å²) in [6.45, 7) is 10.5. The van der Waals surface area contributed by atoms with Crippen LogP contribution in [0.15, 0.2) is 85.2 Å². The molecule has 0 saturated carbocycles. The molecule has 3 heterocycles. The fraction of sp³-hybridized carbons (Fsp3) is 0.333. The standard InChI is InChI=1S/C39H47N4S2/c1-5-32(12-14-35-30-37-9-7-22-42(4)39(37)28-31(35)2)16-19-40-20-26-44-45-27-25-43-23-17-33(18-24-43)10-11-34-13-15-38-36(29-34)8-6-21-41(38)3/h5,10-19,23-24,28-30H,1,6-9,20-22,25-27H2,2-4H3/q+1/p+1/b14-12+,32-16+,40-19?. The first-order valence-corrected chi connectivity index (χ1v) is 18.7. The number of hydrogen-bond acceptors (Lipinski definition) is 4. The largest absolute Gasteiger partial charge is 0.374 e. The predicted molar refractivity (Wildman–Crippen MR) is 200 cm³/mol. The molecule has 3 aromatic rings. The zero-order valence-corrected chi connectivity index (χ0v) is 28.8. The monoisotopic (exact) mass is 636 g/mol. The van der Waals surface area contributed by atoms with Gasteiger partial charge in [0.25, 0.3) is 0 Å². The van der Waals surface area contributed by atoms with Gasteiger partial charge in [0.1, 0.15) is 0 Å². The number of allylic oxidation sites excluding steroid dienone is 4. The van der Waals surface area contributed by atoms with Crippen molar-refractivity contribution < 1.29 is 9.56 Å². The number of nitrogens with zero attached hydrogens (tertiary/aromatic N) is 3. The van der Waals surface area contributed by atoms with Crippen molar-refractivity contribution in [2.45, 2.75) is 39.2 Å². The SMILES string of the molecule is C=CC(/C=C/c1cc2c(cc1C)N(C)CCC2)=C\C=[NH+]CCSSCC[n+]1ccc(/C=C/c2ccc3c(c2)CCCN3C)cc1. The molecule has 0 saturated heterocycles. The zero-order valence-electron chi connectivity index (χ0n) is 27.2. The van der Waals surface area contributed by atoms with E-state index in [1.165, 1.54) is 64.0 Å². The summed E-state index contributed by atoms with van der Waals surface area (Å²) in [5.74, 6) is 2.14. The van der Waals surface area contributed by atoms with Crippen molar-refractivity contribution >= 4 is 57.4 Å². The number of nitrogens with one attached hydrogen (secondary N) is 1. The third-order valence-electron chi connectivity index (χ3n) is 8.59. The molecule has 0 fully saturated rings. The Balaban J connectivity index is 0.989. The number of fused-ring (bicyclic) bond motifs is 2. The lowest BCUT2D eigenvalue weighted by atomic mass is 9.96. The molecule has 0 amide bonds. The van der Waals surface area contributed by atoms with Gasteiger partial charge in [0, 0.05) is 56.8 Å². The van der Waals surface area contributed by atoms with E-state index in [0.29, 0.717) is 0 Å². The Labute approximate surface area is 278 Å². The predicted octanol–water partition coefficient (Wildman–Crippen LogP) is 6.58. The lowest BCUT2D eigenvalue weighted by Gasteiger charge is -2.28. The van der Waals surface area contributed by atoms with Gasteiger partial charge < -0.3 is 9.80 Å². The highest BCUT2D eigenvalue weighted by molar-refractivity contribution is 8.76. The van der Waals surface area contributed by atoms with Crippen molar-refractivity contribution in [1.29, 1.82) is 0 Å². The van der Waals surface area contributed by atoms with Gasteiger partial charge >= 0.3 is 0 Å². The molecule has 0 atom stereocenters. The van der Waals surface area contributed by atoms with E-state index in [2.05, 4.69) is 132 Å². The summed E-state index contributed by atoms with van der Waals surface area (Å²) in [6, 6.07) is 15.9. The molecule has 6 heteroatoms. The Hall–Kier alpha value is -3.48. The third-order valence-corrected chi connectivity index (χ3v) is 11.0. The summed E-state index contributed by atoms with van der Waals surface area (Å²) >= 11 is 0. The van der Waals surface area contributed by atoms with Crippen LogP contribution in [0.4, 0.5) is 11.4 Å². The Morgan fingerprint density at radius 1 is 0.867 bits per heavy atom. The first-order valence-electron chi connectivity index (χ1n) is 16.2. The number of aryl methyl sites for hydroxylation is 4. The summed E-state index contributed by atoms with van der Waals surface area (Å²) in [4.78, 5) is 8.16. The number of benzene rings is 2. The molecule has 5 rings (SSSR count). The van der Waals surface area contributed by atoms with Crippen molar-refractivity contribution in [3.05, 3.63) is 119 Å². The molecule has 0 bridgehead atoms. The first-order chi connectivity index (χ1) is 22.0. The fourth-order valence-corrected chi connectivity index (χ4v) is 7.83. The lowest BCUT2D eigenvalue weighted by molar-refractivity contribution is -0.692. The van der Waals surface area contributed by atoms with Gasteiger partial charge in [0.2, 0.25) is 0 Å². The Morgan fingerprint density at radius 2 is 1.58 bits per heavy atom. The molecule has 2 aromatic carbocycles. The summed E-state index contributed by atoms with van der Waals surface area (Å²) < 4.78 is 2.27. The van der Waals surface area contributed by atoms with E-state index in [0.717, 1.165) is 49.7 Å². The van der Waals surface area contributed by atoms with Crippen molar-refractivity contribution in [2.24, 2.45) is 0 Å². The number of anilines is 2. The van der Waals surface area contributed by atoms with Gasteiger partial charge in [-0.05, 0) is 95.8 Å². The molecule has 45 heavy (non-hydrogen) atoms. The van der Waals surface area contributed by atoms with Gasteiger partial charge in [-0.1, -0.05) is 64.6 Å². The van der Waals surface area contributed by atoms with Crippen LogP contribution in [0, 0.1) is 6.92 Å². The maximum atomic E-state index is 4.00. The van der Waals surface area contributed by atoms with E-state index in [1.54, 1.807) is 0 Å². The highest BCUT2D eigenvalue weighted by atomic mass is 33.1. The van der Waals surface area contributed by atoms with Crippen LogP contribution in [0.2, 0.25) is 0 Å². The molecule has 0 radical (unpaired) electrons. The molecule has 1 aromatic heterocycles. The normalized spacial score (nSPS) is 15.3. The minimum atomic E-state index is 0.939. The molecular formula is C39H48N4S2+2. The van der Waals surface area contributed by atoms with Gasteiger partial charge in [0.15, 0.2) is 31.7 Å². The highest BCUT2D eigenvalue weighted by Gasteiger charge is 2.15. The van der Waals surface area contributed by atoms with E-state index in [1.807, 2.05) is 33.9 Å². The first kappa shape index (κ1) is 32.9. The third kappa shape index (κ3) is 9.51. The molecule has 2 aliphatic rings. The van der Waals surface area contributed by atoms with Crippen LogP contribution in [0.3, 0.4) is 0 Å². The fourth-order valence-electron chi connectivity index (χ4n) is 5.93. The van der Waals surface area contributed by atoms with Crippen LogP contribution >= 0.6 is 21.6 Å². The maximum Gasteiger partial charge on any atom is 0.169 e. The average molecular weight is 637 g/mol. The molecule has 234 valence electrons. The summed E-state index contributed by atoms with van der Waals surface area (Å²) in [7, 11) is 8.24. The van der Waals surface area contributed by atoms with Crippen LogP contribution < -0.4 is 19.4 Å². The molecule has 4 nitrogen and oxygen atoms in total. The van der Waals surface area contributed by atoms with Crippen LogP contribution in [0.25, 0.3) is 18.2 Å². The summed E-state index contributed by atoms with van der Waals surface area (Å²) in [6.07, 6.45) is 24.1. The Morgan fingerprint density at radius 3 is 2.36 bits per heavy atom. The van der Waals surface area contributed by atoms with E-state index >= 15 is 0 Å². The van der Waals surface area contributed by atoms with Gasteiger partial charge in [-0.2, -0.15) is 0 Å². The molecule has 0 aliphatic carbocycles. The van der Waals surface area contributed by atoms with E-state index < -0.39 is 0 Å².